The van der Waals surface area contributed by atoms with Gasteiger partial charge in [-0.1, -0.05) is 42.8 Å². The average Bonchev–Trinajstić information content (AvgIpc) is 2.69. The summed E-state index contributed by atoms with van der Waals surface area (Å²) in [6.07, 6.45) is 3.98. The fourth-order valence-electron chi connectivity index (χ4n) is 2.95. The first-order valence-electron chi connectivity index (χ1n) is 8.64. The maximum Gasteiger partial charge on any atom is 0.267 e. The minimum Gasteiger partial charge on any atom is -0.325 e. The Balaban J connectivity index is 1.99. The van der Waals surface area contributed by atoms with E-state index in [1.54, 1.807) is 12.3 Å². The number of fused-ring (bicyclic) bond motifs is 1. The zero-order valence-corrected chi connectivity index (χ0v) is 15.4. The number of pyridine rings is 1. The van der Waals surface area contributed by atoms with Crippen molar-refractivity contribution >= 4 is 34.1 Å². The average molecular weight is 377 g/mol. The van der Waals surface area contributed by atoms with Gasteiger partial charge in [-0.05, 0) is 42.3 Å². The summed E-state index contributed by atoms with van der Waals surface area (Å²) in [4.78, 5) is 22.1. The molecule has 2 aromatic heterocycles. The first-order chi connectivity index (χ1) is 13.2. The summed E-state index contributed by atoms with van der Waals surface area (Å²) in [5.74, 6) is 0.409. The summed E-state index contributed by atoms with van der Waals surface area (Å²) >= 11 is 6.11. The van der Waals surface area contributed by atoms with E-state index in [1.807, 2.05) is 48.5 Å². The van der Waals surface area contributed by atoms with Gasteiger partial charge in [-0.15, -0.1) is 0 Å². The van der Waals surface area contributed by atoms with Crippen molar-refractivity contribution in [2.75, 3.05) is 5.32 Å². The predicted molar refractivity (Wildman–Crippen MR) is 109 cm³/mol. The molecule has 0 atom stereocenters. The van der Waals surface area contributed by atoms with E-state index in [0.29, 0.717) is 27.6 Å². The highest BCUT2D eigenvalue weighted by Gasteiger charge is 2.14. The molecule has 134 valence electrons. The molecule has 0 aliphatic heterocycles. The second kappa shape index (κ2) is 7.21. The van der Waals surface area contributed by atoms with Crippen LogP contribution in [0.5, 0.6) is 0 Å². The van der Waals surface area contributed by atoms with E-state index in [0.717, 1.165) is 17.7 Å². The number of aryl methyl sites for hydroxylation is 1. The molecule has 27 heavy (non-hydrogen) atoms. The molecule has 0 aliphatic carbocycles. The molecule has 6 heteroatoms. The van der Waals surface area contributed by atoms with Crippen molar-refractivity contribution in [2.45, 2.75) is 13.3 Å². The van der Waals surface area contributed by atoms with Crippen LogP contribution in [0.1, 0.15) is 12.5 Å². The molecule has 0 amide bonds. The quantitative estimate of drug-likeness (QED) is 0.558. The van der Waals surface area contributed by atoms with E-state index in [1.165, 1.54) is 10.8 Å². The topological polar surface area (TPSA) is 59.8 Å². The summed E-state index contributed by atoms with van der Waals surface area (Å²) in [6, 6.07) is 17.1. The third kappa shape index (κ3) is 3.41. The highest BCUT2D eigenvalue weighted by atomic mass is 35.5. The van der Waals surface area contributed by atoms with Crippen LogP contribution in [-0.2, 0) is 6.42 Å². The molecule has 4 aromatic rings. The molecule has 4 rings (SSSR count). The summed E-state index contributed by atoms with van der Waals surface area (Å²) < 4.78 is 1.51. The Hall–Kier alpha value is -3.18. The maximum absolute atomic E-state index is 13.3. The van der Waals surface area contributed by atoms with Gasteiger partial charge in [0.15, 0.2) is 0 Å². The van der Waals surface area contributed by atoms with Gasteiger partial charge in [0.2, 0.25) is 5.95 Å². The van der Waals surface area contributed by atoms with Crippen LogP contribution in [0.15, 0.2) is 71.8 Å². The molecule has 5 nitrogen and oxygen atoms in total. The molecule has 0 saturated carbocycles. The molecule has 0 aliphatic rings. The lowest BCUT2D eigenvalue weighted by molar-refractivity contribution is 0.963. The van der Waals surface area contributed by atoms with Crippen molar-refractivity contribution in [3.63, 3.8) is 0 Å². The number of halogens is 1. The van der Waals surface area contributed by atoms with Gasteiger partial charge in [-0.25, -0.2) is 9.55 Å². The zero-order valence-electron chi connectivity index (χ0n) is 14.7. The van der Waals surface area contributed by atoms with Gasteiger partial charge in [0.1, 0.15) is 0 Å². The Kier molecular flexibility index (Phi) is 4.60. The second-order valence-corrected chi connectivity index (χ2v) is 6.57. The molecule has 2 heterocycles. The summed E-state index contributed by atoms with van der Waals surface area (Å²) in [7, 11) is 0. The number of para-hydroxylation sites is 1. The van der Waals surface area contributed by atoms with E-state index < -0.39 is 0 Å². The third-order valence-corrected chi connectivity index (χ3v) is 4.53. The van der Waals surface area contributed by atoms with Crippen LogP contribution in [0.2, 0.25) is 5.02 Å². The van der Waals surface area contributed by atoms with Gasteiger partial charge in [0, 0.05) is 11.9 Å². The lowest BCUT2D eigenvalue weighted by atomic mass is 10.1. The standard InChI is InChI=1S/C21H17ClN4O/c1-2-14-8-9-19-18(10-14)20(27)26(17-11-15(22)12-23-13-17)21(25-19)24-16-6-4-3-5-7-16/h3-13H,2H2,1H3,(H,24,25). The Labute approximate surface area is 161 Å². The summed E-state index contributed by atoms with van der Waals surface area (Å²) in [6.45, 7) is 2.05. The van der Waals surface area contributed by atoms with Crippen molar-refractivity contribution in [3.05, 3.63) is 87.9 Å². The maximum atomic E-state index is 13.3. The van der Waals surface area contributed by atoms with Crippen molar-refractivity contribution in [2.24, 2.45) is 0 Å². The number of benzene rings is 2. The zero-order chi connectivity index (χ0) is 18.8. The molecule has 0 radical (unpaired) electrons. The number of aromatic nitrogens is 3. The van der Waals surface area contributed by atoms with Crippen LogP contribution >= 0.6 is 11.6 Å². The number of nitrogens with zero attached hydrogens (tertiary/aromatic N) is 3. The molecular weight excluding hydrogens is 360 g/mol. The Bertz CT molecular complexity index is 1170. The fourth-order valence-corrected chi connectivity index (χ4v) is 3.12. The molecule has 0 bridgehead atoms. The number of hydrogen-bond acceptors (Lipinski definition) is 4. The lowest BCUT2D eigenvalue weighted by Crippen LogP contribution is -2.23. The number of nitrogens with one attached hydrogen (secondary N) is 1. The van der Waals surface area contributed by atoms with Gasteiger partial charge >= 0.3 is 0 Å². The van der Waals surface area contributed by atoms with Crippen molar-refractivity contribution < 1.29 is 0 Å². The van der Waals surface area contributed by atoms with E-state index in [4.69, 9.17) is 16.6 Å². The van der Waals surface area contributed by atoms with Crippen LogP contribution in [0.4, 0.5) is 11.6 Å². The summed E-state index contributed by atoms with van der Waals surface area (Å²) in [5, 5.41) is 4.25. The second-order valence-electron chi connectivity index (χ2n) is 6.13. The molecule has 0 unspecified atom stereocenters. The van der Waals surface area contributed by atoms with Crippen LogP contribution in [0.25, 0.3) is 16.6 Å². The van der Waals surface area contributed by atoms with Crippen molar-refractivity contribution in [1.82, 2.24) is 14.5 Å². The molecule has 0 spiro atoms. The van der Waals surface area contributed by atoms with E-state index in [9.17, 15) is 4.79 Å². The summed E-state index contributed by atoms with van der Waals surface area (Å²) in [5.41, 5.74) is 2.94. The van der Waals surface area contributed by atoms with Crippen LogP contribution < -0.4 is 10.9 Å². The smallest absolute Gasteiger partial charge is 0.267 e. The van der Waals surface area contributed by atoms with Crippen LogP contribution in [-0.4, -0.2) is 14.5 Å². The first kappa shape index (κ1) is 17.2. The van der Waals surface area contributed by atoms with Gasteiger partial charge in [-0.3, -0.25) is 9.78 Å². The van der Waals surface area contributed by atoms with E-state index in [-0.39, 0.29) is 5.56 Å². The van der Waals surface area contributed by atoms with E-state index in [2.05, 4.69) is 17.2 Å². The fraction of sp³-hybridized carbons (Fsp3) is 0.0952. The third-order valence-electron chi connectivity index (χ3n) is 4.32. The monoisotopic (exact) mass is 376 g/mol. The highest BCUT2D eigenvalue weighted by molar-refractivity contribution is 6.30. The minimum absolute atomic E-state index is 0.169. The molecule has 0 saturated heterocycles. The van der Waals surface area contributed by atoms with Crippen molar-refractivity contribution in [3.8, 4) is 5.69 Å². The number of rotatable bonds is 4. The Morgan fingerprint density at radius 3 is 2.63 bits per heavy atom. The van der Waals surface area contributed by atoms with Gasteiger partial charge in [0.25, 0.3) is 5.56 Å². The number of hydrogen-bond donors (Lipinski definition) is 1. The van der Waals surface area contributed by atoms with Crippen LogP contribution in [0.3, 0.4) is 0 Å². The lowest BCUT2D eigenvalue weighted by Gasteiger charge is -2.15. The highest BCUT2D eigenvalue weighted by Crippen LogP contribution is 2.22. The Morgan fingerprint density at radius 2 is 1.89 bits per heavy atom. The molecule has 0 fully saturated rings. The Morgan fingerprint density at radius 1 is 1.07 bits per heavy atom. The molecule has 2 aromatic carbocycles. The molecule has 1 N–H and O–H groups in total. The first-order valence-corrected chi connectivity index (χ1v) is 9.02. The van der Waals surface area contributed by atoms with Crippen molar-refractivity contribution in [1.29, 1.82) is 0 Å². The SMILES string of the molecule is CCc1ccc2nc(Nc3ccccc3)n(-c3cncc(Cl)c3)c(=O)c2c1. The van der Waals surface area contributed by atoms with Gasteiger partial charge < -0.3 is 5.32 Å². The number of anilines is 2. The largest absolute Gasteiger partial charge is 0.325 e. The molecular formula is C21H17ClN4O. The predicted octanol–water partition coefficient (Wildman–Crippen LogP) is 4.74. The van der Waals surface area contributed by atoms with Gasteiger partial charge in [-0.2, -0.15) is 0 Å². The minimum atomic E-state index is -0.169. The van der Waals surface area contributed by atoms with Crippen LogP contribution in [0, 0.1) is 0 Å². The van der Waals surface area contributed by atoms with Gasteiger partial charge in [0.05, 0.1) is 27.8 Å². The van der Waals surface area contributed by atoms with E-state index >= 15 is 0 Å². The normalized spacial score (nSPS) is 10.9.